The summed E-state index contributed by atoms with van der Waals surface area (Å²) < 4.78 is 30.0. The average molecular weight is 372 g/mol. The number of benzene rings is 1. The van der Waals surface area contributed by atoms with Crippen molar-refractivity contribution in [2.24, 2.45) is 0 Å². The quantitative estimate of drug-likeness (QED) is 0.878. The van der Waals surface area contributed by atoms with Gasteiger partial charge in [-0.3, -0.25) is 4.68 Å². The highest BCUT2D eigenvalue weighted by atomic mass is 79.9. The molecule has 0 atom stereocenters. The zero-order valence-electron chi connectivity index (χ0n) is 12.2. The van der Waals surface area contributed by atoms with Crippen LogP contribution in [0.5, 0.6) is 0 Å². The molecule has 0 spiro atoms. The van der Waals surface area contributed by atoms with E-state index in [2.05, 4.69) is 25.8 Å². The molecule has 0 radical (unpaired) electrons. The number of rotatable bonds is 5. The van der Waals surface area contributed by atoms with Crippen molar-refractivity contribution in [3.05, 3.63) is 45.7 Å². The van der Waals surface area contributed by atoms with Gasteiger partial charge in [0.05, 0.1) is 22.1 Å². The van der Waals surface area contributed by atoms with Crippen molar-refractivity contribution >= 4 is 26.0 Å². The molecule has 2 rings (SSSR count). The fraction of sp³-hybridized carbons (Fsp3) is 0.357. The number of sulfonamides is 1. The molecule has 1 N–H and O–H groups in total. The Kier molecular flexibility index (Phi) is 4.85. The second-order valence-electron chi connectivity index (χ2n) is 5.05. The van der Waals surface area contributed by atoms with Gasteiger partial charge in [-0.25, -0.2) is 13.1 Å². The fourth-order valence-electron chi connectivity index (χ4n) is 2.42. The van der Waals surface area contributed by atoms with Gasteiger partial charge in [-0.05, 0) is 47.8 Å². The van der Waals surface area contributed by atoms with Gasteiger partial charge in [0.15, 0.2) is 0 Å². The van der Waals surface area contributed by atoms with Crippen molar-refractivity contribution in [3.8, 4) is 0 Å². The highest BCUT2D eigenvalue weighted by molar-refractivity contribution is 9.10. The Morgan fingerprint density at radius 3 is 2.38 bits per heavy atom. The highest BCUT2D eigenvalue weighted by Gasteiger charge is 2.19. The van der Waals surface area contributed by atoms with Crippen LogP contribution in [0.15, 0.2) is 33.9 Å². The first-order valence-electron chi connectivity index (χ1n) is 6.55. The number of aromatic nitrogens is 2. The van der Waals surface area contributed by atoms with Gasteiger partial charge in [0.1, 0.15) is 0 Å². The van der Waals surface area contributed by atoms with E-state index in [0.29, 0.717) is 18.0 Å². The third-order valence-electron chi connectivity index (χ3n) is 3.11. The number of hydrogen-bond acceptors (Lipinski definition) is 3. The first-order valence-corrected chi connectivity index (χ1v) is 8.82. The summed E-state index contributed by atoms with van der Waals surface area (Å²) in [6.07, 6.45) is 3.47. The van der Waals surface area contributed by atoms with E-state index in [9.17, 15) is 8.42 Å². The standard InChI is InChI=1S/C14H18BrN3O2S/c1-10-6-11(2)14(12(3)7-10)21(19,20)17-4-5-18-9-13(15)8-16-18/h6-9,17H,4-5H2,1-3H3. The molecule has 0 aliphatic heterocycles. The molecule has 1 heterocycles. The van der Waals surface area contributed by atoms with E-state index < -0.39 is 10.0 Å². The third-order valence-corrected chi connectivity index (χ3v) is 5.28. The molecular formula is C14H18BrN3O2S. The molecule has 0 fully saturated rings. The first-order chi connectivity index (χ1) is 9.79. The normalized spacial score (nSPS) is 11.8. The zero-order valence-corrected chi connectivity index (χ0v) is 14.6. The molecule has 0 aliphatic carbocycles. The van der Waals surface area contributed by atoms with Gasteiger partial charge in [-0.1, -0.05) is 17.7 Å². The van der Waals surface area contributed by atoms with Gasteiger partial charge in [0.2, 0.25) is 10.0 Å². The zero-order chi connectivity index (χ0) is 15.6. The molecule has 2 aromatic rings. The van der Waals surface area contributed by atoms with Crippen molar-refractivity contribution < 1.29 is 8.42 Å². The van der Waals surface area contributed by atoms with Crippen molar-refractivity contribution in [3.63, 3.8) is 0 Å². The Morgan fingerprint density at radius 1 is 1.24 bits per heavy atom. The summed E-state index contributed by atoms with van der Waals surface area (Å²) >= 11 is 3.30. The van der Waals surface area contributed by atoms with Gasteiger partial charge >= 0.3 is 0 Å². The Hall–Kier alpha value is -1.18. The maximum atomic E-state index is 12.4. The largest absolute Gasteiger partial charge is 0.270 e. The summed E-state index contributed by atoms with van der Waals surface area (Å²) in [5.41, 5.74) is 2.59. The lowest BCUT2D eigenvalue weighted by molar-refractivity contribution is 0.560. The summed E-state index contributed by atoms with van der Waals surface area (Å²) in [5, 5.41) is 4.09. The Morgan fingerprint density at radius 2 is 1.86 bits per heavy atom. The van der Waals surface area contributed by atoms with E-state index in [1.807, 2.05) is 32.9 Å². The second kappa shape index (κ2) is 6.29. The summed E-state index contributed by atoms with van der Waals surface area (Å²) in [4.78, 5) is 0.370. The molecule has 0 saturated carbocycles. The SMILES string of the molecule is Cc1cc(C)c(S(=O)(=O)NCCn2cc(Br)cn2)c(C)c1. The molecule has 7 heteroatoms. The van der Waals surface area contributed by atoms with Gasteiger partial charge in [-0.2, -0.15) is 5.10 Å². The molecule has 0 amide bonds. The molecule has 1 aromatic carbocycles. The minimum absolute atomic E-state index is 0.295. The van der Waals surface area contributed by atoms with Gasteiger partial charge in [0.25, 0.3) is 0 Å². The molecule has 114 valence electrons. The first kappa shape index (κ1) is 16.2. The Bertz CT molecular complexity index is 730. The number of hydrogen-bond donors (Lipinski definition) is 1. The van der Waals surface area contributed by atoms with Crippen molar-refractivity contribution in [2.45, 2.75) is 32.2 Å². The van der Waals surface area contributed by atoms with Crippen LogP contribution in [0.2, 0.25) is 0 Å². The Balaban J connectivity index is 2.12. The van der Waals surface area contributed by atoms with Crippen LogP contribution in [0.3, 0.4) is 0 Å². The fourth-order valence-corrected chi connectivity index (χ4v) is 4.22. The van der Waals surface area contributed by atoms with Crippen LogP contribution in [0, 0.1) is 20.8 Å². The van der Waals surface area contributed by atoms with Crippen LogP contribution in [-0.2, 0) is 16.6 Å². The number of nitrogens with one attached hydrogen (secondary N) is 1. The highest BCUT2D eigenvalue weighted by Crippen LogP contribution is 2.21. The lowest BCUT2D eigenvalue weighted by Gasteiger charge is -2.13. The van der Waals surface area contributed by atoms with Gasteiger partial charge in [0, 0.05) is 12.7 Å². The number of aryl methyl sites for hydroxylation is 3. The maximum absolute atomic E-state index is 12.4. The molecule has 0 bridgehead atoms. The predicted molar refractivity (Wildman–Crippen MR) is 85.8 cm³/mol. The minimum atomic E-state index is -3.50. The third kappa shape index (κ3) is 3.93. The van der Waals surface area contributed by atoms with Gasteiger partial charge in [-0.15, -0.1) is 0 Å². The second-order valence-corrected chi connectivity index (χ2v) is 7.67. The van der Waals surface area contributed by atoms with Crippen molar-refractivity contribution in [1.29, 1.82) is 0 Å². The lowest BCUT2D eigenvalue weighted by atomic mass is 10.1. The molecule has 21 heavy (non-hydrogen) atoms. The summed E-state index contributed by atoms with van der Waals surface area (Å²) in [7, 11) is -3.50. The Labute approximate surface area is 133 Å². The molecule has 0 unspecified atom stereocenters. The van der Waals surface area contributed by atoms with E-state index in [1.165, 1.54) is 0 Å². The summed E-state index contributed by atoms with van der Waals surface area (Å²) in [6, 6.07) is 3.76. The summed E-state index contributed by atoms with van der Waals surface area (Å²) in [5.74, 6) is 0. The predicted octanol–water partition coefficient (Wildman–Crippen LogP) is 2.55. The average Bonchev–Trinajstić information content (AvgIpc) is 2.72. The van der Waals surface area contributed by atoms with E-state index in [-0.39, 0.29) is 0 Å². The van der Waals surface area contributed by atoms with Crippen LogP contribution in [-0.4, -0.2) is 24.7 Å². The molecule has 1 aromatic heterocycles. The van der Waals surface area contributed by atoms with E-state index in [4.69, 9.17) is 0 Å². The summed E-state index contributed by atoms with van der Waals surface area (Å²) in [6.45, 7) is 6.37. The van der Waals surface area contributed by atoms with Crippen LogP contribution in [0.4, 0.5) is 0 Å². The molecule has 0 saturated heterocycles. The van der Waals surface area contributed by atoms with Crippen molar-refractivity contribution in [1.82, 2.24) is 14.5 Å². The van der Waals surface area contributed by atoms with Crippen molar-refractivity contribution in [2.75, 3.05) is 6.54 Å². The van der Waals surface area contributed by atoms with Crippen LogP contribution < -0.4 is 4.72 Å². The van der Waals surface area contributed by atoms with E-state index in [1.54, 1.807) is 17.1 Å². The number of halogens is 1. The molecule has 0 aliphatic rings. The molecular weight excluding hydrogens is 354 g/mol. The lowest BCUT2D eigenvalue weighted by Crippen LogP contribution is -2.28. The maximum Gasteiger partial charge on any atom is 0.241 e. The smallest absolute Gasteiger partial charge is 0.241 e. The van der Waals surface area contributed by atoms with E-state index >= 15 is 0 Å². The van der Waals surface area contributed by atoms with Crippen LogP contribution >= 0.6 is 15.9 Å². The topological polar surface area (TPSA) is 64.0 Å². The van der Waals surface area contributed by atoms with E-state index in [0.717, 1.165) is 21.2 Å². The molecule has 5 nitrogen and oxygen atoms in total. The number of nitrogens with zero attached hydrogens (tertiary/aromatic N) is 2. The monoisotopic (exact) mass is 371 g/mol. The van der Waals surface area contributed by atoms with Crippen LogP contribution in [0.25, 0.3) is 0 Å². The van der Waals surface area contributed by atoms with Gasteiger partial charge < -0.3 is 0 Å². The van der Waals surface area contributed by atoms with Crippen LogP contribution in [0.1, 0.15) is 16.7 Å². The minimum Gasteiger partial charge on any atom is -0.270 e.